The summed E-state index contributed by atoms with van der Waals surface area (Å²) in [6.07, 6.45) is -4.64. The smallest absolute Gasteiger partial charge is 0.454 e. The summed E-state index contributed by atoms with van der Waals surface area (Å²) in [7, 11) is 0. The monoisotopic (exact) mass is 300 g/mol. The molecular weight excluding hydrogens is 289 g/mol. The molecule has 112 valence electrons. The molecule has 8 heteroatoms. The summed E-state index contributed by atoms with van der Waals surface area (Å²) in [5.41, 5.74) is 1.28. The number of nitrogens with zero attached hydrogens (tertiary/aromatic N) is 1. The highest BCUT2D eigenvalue weighted by Crippen LogP contribution is 2.35. The highest BCUT2D eigenvalue weighted by molar-refractivity contribution is 5.81. The molecule has 1 amide bonds. The normalized spacial score (nSPS) is 12.9. The number of carbonyl (C=O) groups is 1. The van der Waals surface area contributed by atoms with Gasteiger partial charge in [-0.1, -0.05) is 0 Å². The summed E-state index contributed by atoms with van der Waals surface area (Å²) in [6, 6.07) is 5.23. The summed E-state index contributed by atoms with van der Waals surface area (Å²) < 4.78 is 46.5. The second-order valence-corrected chi connectivity index (χ2v) is 4.31. The van der Waals surface area contributed by atoms with Gasteiger partial charge < -0.3 is 14.8 Å². The zero-order valence-corrected chi connectivity index (χ0v) is 10.8. The van der Waals surface area contributed by atoms with Crippen molar-refractivity contribution >= 4 is 5.91 Å². The van der Waals surface area contributed by atoms with Crippen LogP contribution in [0.1, 0.15) is 11.1 Å². The lowest BCUT2D eigenvalue weighted by Crippen LogP contribution is -2.37. The van der Waals surface area contributed by atoms with E-state index in [4.69, 9.17) is 14.7 Å². The summed E-state index contributed by atoms with van der Waals surface area (Å²) in [4.78, 5) is 10.7. The molecule has 0 fully saturated rings. The van der Waals surface area contributed by atoms with Crippen LogP contribution in [-0.4, -0.2) is 25.4 Å². The van der Waals surface area contributed by atoms with Gasteiger partial charge in [-0.2, -0.15) is 18.4 Å². The fourth-order valence-corrected chi connectivity index (χ4v) is 1.92. The van der Waals surface area contributed by atoms with Crippen molar-refractivity contribution in [3.8, 4) is 17.6 Å². The molecule has 1 aliphatic rings. The van der Waals surface area contributed by atoms with Gasteiger partial charge >= 0.3 is 12.1 Å². The number of fused-ring (bicyclic) bond motifs is 1. The minimum absolute atomic E-state index is 0.0651. The van der Waals surface area contributed by atoms with E-state index in [2.05, 4.69) is 0 Å². The Morgan fingerprint density at radius 2 is 1.90 bits per heavy atom. The maximum atomic E-state index is 12.1. The van der Waals surface area contributed by atoms with E-state index in [0.29, 0.717) is 22.6 Å². The van der Waals surface area contributed by atoms with Crippen molar-refractivity contribution in [3.63, 3.8) is 0 Å². The molecule has 0 atom stereocenters. The molecule has 1 heterocycles. The van der Waals surface area contributed by atoms with Crippen LogP contribution >= 0.6 is 0 Å². The maximum Gasteiger partial charge on any atom is 0.471 e. The molecule has 1 aliphatic heterocycles. The molecule has 0 bridgehead atoms. The van der Waals surface area contributed by atoms with E-state index < -0.39 is 12.1 Å². The SMILES string of the molecule is N#CCc1cc2c(cc1CCNC(=O)C(F)(F)F)OCO2. The number of alkyl halides is 3. The van der Waals surface area contributed by atoms with E-state index in [1.54, 1.807) is 17.4 Å². The van der Waals surface area contributed by atoms with Crippen LogP contribution in [0, 0.1) is 11.3 Å². The third-order valence-electron chi connectivity index (χ3n) is 2.90. The second-order valence-electron chi connectivity index (χ2n) is 4.31. The number of amides is 1. The van der Waals surface area contributed by atoms with E-state index >= 15 is 0 Å². The largest absolute Gasteiger partial charge is 0.471 e. The number of hydrogen-bond acceptors (Lipinski definition) is 4. The van der Waals surface area contributed by atoms with Crippen molar-refractivity contribution in [3.05, 3.63) is 23.3 Å². The van der Waals surface area contributed by atoms with Crippen LogP contribution in [0.2, 0.25) is 0 Å². The third kappa shape index (κ3) is 3.56. The average molecular weight is 300 g/mol. The first-order valence-corrected chi connectivity index (χ1v) is 6.05. The molecule has 0 unspecified atom stereocenters. The number of rotatable bonds is 4. The molecule has 1 aromatic carbocycles. The van der Waals surface area contributed by atoms with Crippen molar-refractivity contribution in [2.45, 2.75) is 19.0 Å². The quantitative estimate of drug-likeness (QED) is 0.918. The second kappa shape index (κ2) is 5.91. The minimum atomic E-state index is -4.90. The zero-order valence-electron chi connectivity index (χ0n) is 10.8. The minimum Gasteiger partial charge on any atom is -0.454 e. The lowest BCUT2D eigenvalue weighted by Gasteiger charge is -2.11. The van der Waals surface area contributed by atoms with Crippen molar-refractivity contribution in [2.24, 2.45) is 0 Å². The number of nitrogens with one attached hydrogen (secondary N) is 1. The number of hydrogen-bond donors (Lipinski definition) is 1. The van der Waals surface area contributed by atoms with Crippen LogP contribution in [-0.2, 0) is 17.6 Å². The zero-order chi connectivity index (χ0) is 15.5. The maximum absolute atomic E-state index is 12.1. The van der Waals surface area contributed by atoms with Crippen LogP contribution < -0.4 is 14.8 Å². The van der Waals surface area contributed by atoms with Gasteiger partial charge in [-0.15, -0.1) is 0 Å². The van der Waals surface area contributed by atoms with Gasteiger partial charge in [-0.05, 0) is 29.7 Å². The Labute approximate surface area is 118 Å². The van der Waals surface area contributed by atoms with Gasteiger partial charge in [0.05, 0.1) is 12.5 Å². The van der Waals surface area contributed by atoms with E-state index in [-0.39, 0.29) is 26.2 Å². The van der Waals surface area contributed by atoms with E-state index in [1.807, 2.05) is 6.07 Å². The van der Waals surface area contributed by atoms with Crippen LogP contribution in [0.5, 0.6) is 11.5 Å². The highest BCUT2D eigenvalue weighted by atomic mass is 19.4. The lowest BCUT2D eigenvalue weighted by molar-refractivity contribution is -0.173. The molecule has 0 saturated heterocycles. The molecular formula is C13H11F3N2O3. The molecule has 2 rings (SSSR count). The van der Waals surface area contributed by atoms with E-state index in [9.17, 15) is 18.0 Å². The summed E-state index contributed by atoms with van der Waals surface area (Å²) >= 11 is 0. The Morgan fingerprint density at radius 1 is 1.29 bits per heavy atom. The fraction of sp³-hybridized carbons (Fsp3) is 0.385. The topological polar surface area (TPSA) is 71.4 Å². The number of halogens is 3. The Bertz CT molecular complexity index is 594. The number of benzene rings is 1. The fourth-order valence-electron chi connectivity index (χ4n) is 1.92. The molecule has 1 aromatic rings. The predicted octanol–water partition coefficient (Wildman–Crippen LogP) is 1.70. The van der Waals surface area contributed by atoms with Gasteiger partial charge in [-0.3, -0.25) is 4.79 Å². The summed E-state index contributed by atoms with van der Waals surface area (Å²) in [5.74, 6) is -0.998. The van der Waals surface area contributed by atoms with Crippen molar-refractivity contribution in [1.82, 2.24) is 5.32 Å². The van der Waals surface area contributed by atoms with Gasteiger partial charge in [0, 0.05) is 6.54 Å². The molecule has 0 aromatic heterocycles. The lowest BCUT2D eigenvalue weighted by atomic mass is 10.0. The molecule has 0 saturated carbocycles. The highest BCUT2D eigenvalue weighted by Gasteiger charge is 2.38. The Morgan fingerprint density at radius 3 is 2.48 bits per heavy atom. The number of nitriles is 1. The van der Waals surface area contributed by atoms with Gasteiger partial charge in [0.2, 0.25) is 6.79 Å². The molecule has 0 spiro atoms. The van der Waals surface area contributed by atoms with Gasteiger partial charge in [-0.25, -0.2) is 0 Å². The standard InChI is InChI=1S/C13H11F3N2O3/c14-13(15,16)12(19)18-4-2-9-6-11-10(20-7-21-11)5-8(9)1-3-17/h5-6H,1-2,4,7H2,(H,18,19). The summed E-state index contributed by atoms with van der Waals surface area (Å²) in [5, 5.41) is 10.6. The first kappa shape index (κ1) is 15.0. The third-order valence-corrected chi connectivity index (χ3v) is 2.90. The first-order chi connectivity index (χ1) is 9.91. The van der Waals surface area contributed by atoms with E-state index in [1.165, 1.54) is 0 Å². The Balaban J connectivity index is 2.06. The van der Waals surface area contributed by atoms with Gasteiger partial charge in [0.25, 0.3) is 0 Å². The molecule has 0 aliphatic carbocycles. The number of carbonyl (C=O) groups excluding carboxylic acids is 1. The van der Waals surface area contributed by atoms with Crippen molar-refractivity contribution < 1.29 is 27.4 Å². The first-order valence-electron chi connectivity index (χ1n) is 6.05. The summed E-state index contributed by atoms with van der Waals surface area (Å²) in [6.45, 7) is -0.119. The van der Waals surface area contributed by atoms with Crippen LogP contribution in [0.3, 0.4) is 0 Å². The van der Waals surface area contributed by atoms with Crippen LogP contribution in [0.15, 0.2) is 12.1 Å². The van der Waals surface area contributed by atoms with Crippen LogP contribution in [0.4, 0.5) is 13.2 Å². The van der Waals surface area contributed by atoms with Crippen LogP contribution in [0.25, 0.3) is 0 Å². The predicted molar refractivity (Wildman–Crippen MR) is 64.7 cm³/mol. The molecule has 1 N–H and O–H groups in total. The number of ether oxygens (including phenoxy) is 2. The molecule has 0 radical (unpaired) electrons. The van der Waals surface area contributed by atoms with E-state index in [0.717, 1.165) is 0 Å². The van der Waals surface area contributed by atoms with Gasteiger partial charge in [0.15, 0.2) is 11.5 Å². The van der Waals surface area contributed by atoms with Gasteiger partial charge in [0.1, 0.15) is 0 Å². The Kier molecular flexibility index (Phi) is 4.21. The Hall–Kier alpha value is -2.43. The average Bonchev–Trinajstić information content (AvgIpc) is 2.85. The van der Waals surface area contributed by atoms with Crippen molar-refractivity contribution in [1.29, 1.82) is 5.26 Å². The van der Waals surface area contributed by atoms with Crippen molar-refractivity contribution in [2.75, 3.05) is 13.3 Å². The molecule has 5 nitrogen and oxygen atoms in total. The molecule has 21 heavy (non-hydrogen) atoms.